The zero-order valence-electron chi connectivity index (χ0n) is 70.6. The molecule has 30 atom stereocenters. The van der Waals surface area contributed by atoms with Crippen molar-refractivity contribution < 1.29 is 181 Å². The number of carbonyl (C=O) groups is 17. The van der Waals surface area contributed by atoms with E-state index in [2.05, 4.69) is 69.1 Å². The van der Waals surface area contributed by atoms with E-state index in [1.165, 1.54) is 0 Å². The molecule has 53 nitrogen and oxygen atoms in total. The number of aliphatic hydroxyl groups excluding tert-OH is 10. The highest BCUT2D eigenvalue weighted by Crippen LogP contribution is 2.34. The summed E-state index contributed by atoms with van der Waals surface area (Å²) < 4.78 is 46.6. The van der Waals surface area contributed by atoms with Crippen LogP contribution in [0, 0.1) is 0 Å². The number of hydrogen-bond donors (Lipinski definition) is 28. The smallest absolute Gasteiger partial charge is 0.326 e. The minimum Gasteiger partial charge on any atom is -0.480 e. The molecule has 126 heavy (non-hydrogen) atoms. The van der Waals surface area contributed by atoms with Gasteiger partial charge in [0.15, 0.2) is 25.2 Å². The Morgan fingerprint density at radius 1 is 0.365 bits per heavy atom. The first kappa shape index (κ1) is 109. The number of ether oxygens (including phenoxy) is 8. The lowest BCUT2D eigenvalue weighted by Crippen LogP contribution is -2.70. The summed E-state index contributed by atoms with van der Waals surface area (Å²) in [5, 5.41) is 156. The lowest BCUT2D eigenvalue weighted by atomic mass is 9.94. The number of rotatable bonds is 51. The molecule has 31 N–H and O–H groups in total. The molecule has 15 amide bonds. The molecule has 4 fully saturated rings. The standard InChI is InChI=1S/C73H122N16O37/c1-27(78-64(109)30(4)119-58-50(83-34(8)96)70(117)121-43(25-92)56(58)125-72-48(81-32(6)94)54(103)52(101)41(23-90)123-72)62(107)87-36(60(75)105)16-18-45(98)85-38(66(111)80-29(3)68(113)114)15-11-13-21-77-47(100)22-40(69(115)116)89-67(112)39(14-10-12-20-74)86-46(99)19-17-37(61(76)106)88-63(108)28(2)79-65(110)31(5)120-59-51(84-35(9)97)71(118)122-44(26-93)57(59)126-73-49(82-33(7)95)55(104)53(102)42(24-91)124-73/h27-31,36-44,48-59,70-73,90-93,101-104,117-118H,10-26,74H2,1-9H3,(H2,75,105)(H2,76,106)(H,77,100)(H,78,109)(H,79,110)(H,80,111)(H,81,94)(H,82,95)(H,83,96)(H,84,97)(H,85,98)(H,86,99)(H,87,107)(H,88,108)(H,89,112)(H,113,114)(H,115,116). The minimum absolute atomic E-state index is 0.00928. The van der Waals surface area contributed by atoms with Crippen LogP contribution in [0.25, 0.3) is 0 Å². The third-order valence-electron chi connectivity index (χ3n) is 20.3. The van der Waals surface area contributed by atoms with Gasteiger partial charge >= 0.3 is 11.9 Å². The van der Waals surface area contributed by atoms with Gasteiger partial charge in [-0.25, -0.2) is 4.79 Å². The Morgan fingerprint density at radius 3 is 1.06 bits per heavy atom. The molecular formula is C73H122N16O37. The summed E-state index contributed by atoms with van der Waals surface area (Å²) in [6, 6.07) is -19.1. The van der Waals surface area contributed by atoms with Gasteiger partial charge in [0, 0.05) is 47.1 Å². The van der Waals surface area contributed by atoms with E-state index in [-0.39, 0.29) is 45.2 Å². The highest BCUT2D eigenvalue weighted by atomic mass is 16.7. The van der Waals surface area contributed by atoms with E-state index in [1.807, 2.05) is 0 Å². The highest BCUT2D eigenvalue weighted by molar-refractivity contribution is 5.96. The molecule has 0 bridgehead atoms. The summed E-state index contributed by atoms with van der Waals surface area (Å²) in [6.07, 6.45) is -34.1. The van der Waals surface area contributed by atoms with E-state index in [4.69, 9.17) is 55.1 Å². The summed E-state index contributed by atoms with van der Waals surface area (Å²) in [5.41, 5.74) is 16.8. The summed E-state index contributed by atoms with van der Waals surface area (Å²) in [6.45, 7) is 6.22. The van der Waals surface area contributed by atoms with Gasteiger partial charge in [0.25, 0.3) is 0 Å². The van der Waals surface area contributed by atoms with Crippen LogP contribution in [0.4, 0.5) is 0 Å². The second-order valence-electron chi connectivity index (χ2n) is 30.5. The van der Waals surface area contributed by atoms with Crippen molar-refractivity contribution in [3.8, 4) is 0 Å². The average Bonchev–Trinajstić information content (AvgIpc) is 0.776. The van der Waals surface area contributed by atoms with Crippen molar-refractivity contribution in [2.45, 2.75) is 316 Å². The predicted octanol–water partition coefficient (Wildman–Crippen LogP) is -14.9. The molecule has 4 saturated heterocycles. The molecule has 4 aliphatic heterocycles. The number of carbonyl (C=O) groups excluding carboxylic acids is 15. The van der Waals surface area contributed by atoms with Crippen LogP contribution in [-0.2, 0) is 119 Å². The van der Waals surface area contributed by atoms with Gasteiger partial charge in [-0.1, -0.05) is 0 Å². The monoisotopic (exact) mass is 1810 g/mol. The van der Waals surface area contributed by atoms with Crippen LogP contribution in [0.1, 0.15) is 133 Å². The van der Waals surface area contributed by atoms with E-state index in [0.29, 0.717) is 6.42 Å². The fourth-order valence-corrected chi connectivity index (χ4v) is 13.5. The second kappa shape index (κ2) is 52.5. The molecule has 0 aliphatic carbocycles. The van der Waals surface area contributed by atoms with Gasteiger partial charge in [-0.3, -0.25) is 76.7 Å². The SMILES string of the molecule is CC(=O)NC1C(OC2C(CO)OC(O)C(NC(C)=O)C2OC(C)C(=O)NC(C)C(=O)NC(CCC(=O)NC(CCCCNC(=O)CC(NC(=O)C(CCCCN)NC(=O)CCC(NC(=O)C(C)NC(=O)C(C)OC2C(NC(C)=O)C(O)OC(CO)C2OC2OC(CO)C(O)C(O)C2NC(C)=O)C(N)=O)C(=O)O)C(=O)NC(C)C(=O)O)C(N)=O)OC(CO)C(O)C1O. The molecular weight excluding hydrogens is 1690 g/mol. The van der Waals surface area contributed by atoms with Gasteiger partial charge in [0.1, 0.15) is 158 Å². The molecule has 0 spiro atoms. The molecule has 4 aliphatic rings. The molecule has 716 valence electrons. The largest absolute Gasteiger partial charge is 0.480 e. The van der Waals surface area contributed by atoms with Gasteiger partial charge in [0.05, 0.1) is 32.8 Å². The Balaban J connectivity index is 1.34. The van der Waals surface area contributed by atoms with E-state index >= 15 is 0 Å². The van der Waals surface area contributed by atoms with Crippen molar-refractivity contribution in [3.63, 3.8) is 0 Å². The Morgan fingerprint density at radius 2 is 0.714 bits per heavy atom. The summed E-state index contributed by atoms with van der Waals surface area (Å²) in [4.78, 5) is 221. The number of aliphatic carboxylic acids is 2. The fourth-order valence-electron chi connectivity index (χ4n) is 13.5. The van der Waals surface area contributed by atoms with Gasteiger partial charge in [-0.15, -0.1) is 0 Å². The third-order valence-corrected chi connectivity index (χ3v) is 20.3. The molecule has 0 aromatic rings. The minimum atomic E-state index is -1.96. The lowest BCUT2D eigenvalue weighted by Gasteiger charge is -2.48. The van der Waals surface area contributed by atoms with Gasteiger partial charge in [-0.05, 0) is 92.5 Å². The Kier molecular flexibility index (Phi) is 45.2. The molecule has 53 heteroatoms. The molecule has 4 heterocycles. The topological polar surface area (TPSA) is 841 Å². The zero-order chi connectivity index (χ0) is 95.0. The number of nitrogens with one attached hydrogen (secondary N) is 13. The van der Waals surface area contributed by atoms with Gasteiger partial charge < -0.3 is 185 Å². The number of hydrogen-bond acceptors (Lipinski definition) is 36. The Labute approximate surface area is 720 Å². The van der Waals surface area contributed by atoms with Crippen LogP contribution in [0.3, 0.4) is 0 Å². The lowest BCUT2D eigenvalue weighted by molar-refractivity contribution is -0.333. The summed E-state index contributed by atoms with van der Waals surface area (Å²) in [5.74, 6) is -17.7. The molecule has 0 radical (unpaired) electrons. The fraction of sp³-hybridized carbons (Fsp3) is 0.767. The third kappa shape index (κ3) is 33.5. The zero-order valence-corrected chi connectivity index (χ0v) is 70.6. The van der Waals surface area contributed by atoms with Crippen molar-refractivity contribution in [2.24, 2.45) is 17.2 Å². The number of carboxylic acid groups (broad SMARTS) is 2. The van der Waals surface area contributed by atoms with Crippen LogP contribution in [-0.4, -0.2) is 384 Å². The number of primary amides is 2. The van der Waals surface area contributed by atoms with Crippen molar-refractivity contribution in [1.29, 1.82) is 0 Å². The summed E-state index contributed by atoms with van der Waals surface area (Å²) in [7, 11) is 0. The number of carboxylic acids is 2. The first-order valence-electron chi connectivity index (χ1n) is 40.4. The predicted molar refractivity (Wildman–Crippen MR) is 419 cm³/mol. The molecule has 0 aromatic heterocycles. The van der Waals surface area contributed by atoms with Crippen molar-refractivity contribution >= 4 is 101 Å². The molecule has 4 rings (SSSR count). The quantitative estimate of drug-likeness (QED) is 0.0252. The van der Waals surface area contributed by atoms with Gasteiger partial charge in [-0.2, -0.15) is 0 Å². The number of amides is 15. The molecule has 0 saturated carbocycles. The first-order valence-corrected chi connectivity index (χ1v) is 40.4. The molecule has 0 aromatic carbocycles. The Hall–Kier alpha value is -9.77. The van der Waals surface area contributed by atoms with Crippen LogP contribution in [0.2, 0.25) is 0 Å². The van der Waals surface area contributed by atoms with Crippen molar-refractivity contribution in [3.05, 3.63) is 0 Å². The maximum atomic E-state index is 13.8. The van der Waals surface area contributed by atoms with Crippen molar-refractivity contribution in [2.75, 3.05) is 39.5 Å². The first-order chi connectivity index (χ1) is 59.1. The van der Waals surface area contributed by atoms with E-state index < -0.39 is 342 Å². The van der Waals surface area contributed by atoms with Crippen LogP contribution in [0.15, 0.2) is 0 Å². The Bertz CT molecular complexity index is 3710. The number of nitrogens with two attached hydrogens (primary N) is 3. The highest BCUT2D eigenvalue weighted by Gasteiger charge is 2.56. The van der Waals surface area contributed by atoms with Crippen LogP contribution in [0.5, 0.6) is 0 Å². The van der Waals surface area contributed by atoms with E-state index in [1.54, 1.807) is 0 Å². The van der Waals surface area contributed by atoms with Crippen LogP contribution >= 0.6 is 0 Å². The number of unbranched alkanes of at least 4 members (excludes halogenated alkanes) is 2. The number of aliphatic hydroxyl groups is 10. The summed E-state index contributed by atoms with van der Waals surface area (Å²) >= 11 is 0. The van der Waals surface area contributed by atoms with E-state index in [9.17, 15) is 143 Å². The van der Waals surface area contributed by atoms with Gasteiger partial charge in [0.2, 0.25) is 88.6 Å². The molecule has 30 unspecified atom stereocenters. The average molecular weight is 1820 g/mol. The van der Waals surface area contributed by atoms with Crippen LogP contribution < -0.4 is 86.3 Å². The maximum absolute atomic E-state index is 13.8. The maximum Gasteiger partial charge on any atom is 0.326 e. The van der Waals surface area contributed by atoms with E-state index in [0.717, 1.165) is 62.3 Å². The second-order valence-corrected chi connectivity index (χ2v) is 30.5. The normalized spacial score (nSPS) is 28.3. The van der Waals surface area contributed by atoms with Crippen molar-refractivity contribution in [1.82, 2.24) is 69.1 Å².